The van der Waals surface area contributed by atoms with Crippen LogP contribution in [0.3, 0.4) is 0 Å². The molecule has 1 amide bonds. The van der Waals surface area contributed by atoms with Crippen LogP contribution < -0.4 is 10.5 Å². The van der Waals surface area contributed by atoms with Crippen molar-refractivity contribution in [2.45, 2.75) is 18.9 Å². The fourth-order valence-electron chi connectivity index (χ4n) is 3.63. The van der Waals surface area contributed by atoms with Crippen LogP contribution in [-0.2, 0) is 10.0 Å². The summed E-state index contributed by atoms with van der Waals surface area (Å²) < 4.78 is 38.7. The normalized spacial score (nSPS) is 26.0. The fraction of sp³-hybridized carbons (Fsp3) is 0.533. The summed E-state index contributed by atoms with van der Waals surface area (Å²) >= 11 is 0. The number of halogens is 2. The van der Waals surface area contributed by atoms with Crippen LogP contribution in [0.1, 0.15) is 23.2 Å². The van der Waals surface area contributed by atoms with Crippen LogP contribution in [0.5, 0.6) is 0 Å². The number of hydrogen-bond acceptors (Lipinski definition) is 4. The number of hydrogen-bond donors (Lipinski definition) is 2. The van der Waals surface area contributed by atoms with Crippen LogP contribution in [0.25, 0.3) is 0 Å². The lowest BCUT2D eigenvalue weighted by Crippen LogP contribution is -2.34. The Morgan fingerprint density at radius 3 is 2.67 bits per heavy atom. The van der Waals surface area contributed by atoms with Crippen molar-refractivity contribution in [1.82, 2.24) is 4.90 Å². The third-order valence-electron chi connectivity index (χ3n) is 4.71. The van der Waals surface area contributed by atoms with Gasteiger partial charge in [-0.15, -0.1) is 12.4 Å². The Hall–Kier alpha value is -1.38. The summed E-state index contributed by atoms with van der Waals surface area (Å²) in [5, 5.41) is 0. The van der Waals surface area contributed by atoms with E-state index in [1.165, 1.54) is 6.07 Å². The van der Waals surface area contributed by atoms with Crippen molar-refractivity contribution in [2.75, 3.05) is 24.1 Å². The maximum Gasteiger partial charge on any atom is 0.256 e. The molecule has 1 saturated carbocycles. The number of fused-ring (bicyclic) bond motifs is 1. The van der Waals surface area contributed by atoms with Crippen molar-refractivity contribution < 1.29 is 17.6 Å². The van der Waals surface area contributed by atoms with Gasteiger partial charge in [0.15, 0.2) is 0 Å². The molecule has 9 heteroatoms. The molecular formula is C15H21ClFN3O3S. The van der Waals surface area contributed by atoms with Crippen LogP contribution in [0, 0.1) is 17.7 Å². The Bertz CT molecular complexity index is 743. The highest BCUT2D eigenvalue weighted by Gasteiger charge is 2.42. The van der Waals surface area contributed by atoms with E-state index >= 15 is 0 Å². The van der Waals surface area contributed by atoms with Crippen LogP contribution in [0.4, 0.5) is 10.1 Å². The first kappa shape index (κ1) is 19.0. The summed E-state index contributed by atoms with van der Waals surface area (Å²) in [5.74, 6) is -0.284. The molecule has 3 rings (SSSR count). The lowest BCUT2D eigenvalue weighted by molar-refractivity contribution is 0.0780. The van der Waals surface area contributed by atoms with Crippen molar-refractivity contribution in [3.63, 3.8) is 0 Å². The zero-order valence-electron chi connectivity index (χ0n) is 13.2. The number of nitrogens with two attached hydrogens (primary N) is 1. The minimum atomic E-state index is -3.56. The molecule has 1 aromatic carbocycles. The summed E-state index contributed by atoms with van der Waals surface area (Å²) in [7, 11) is -3.56. The van der Waals surface area contributed by atoms with Crippen molar-refractivity contribution in [3.05, 3.63) is 29.6 Å². The summed E-state index contributed by atoms with van der Waals surface area (Å²) in [5.41, 5.74) is 6.20. The van der Waals surface area contributed by atoms with E-state index in [1.54, 1.807) is 4.90 Å². The third kappa shape index (κ3) is 3.81. The smallest absolute Gasteiger partial charge is 0.256 e. The molecule has 0 spiro atoms. The van der Waals surface area contributed by atoms with Gasteiger partial charge in [0.2, 0.25) is 10.0 Å². The zero-order chi connectivity index (χ0) is 16.8. The Labute approximate surface area is 147 Å². The van der Waals surface area contributed by atoms with Gasteiger partial charge in [0, 0.05) is 19.1 Å². The van der Waals surface area contributed by atoms with Crippen molar-refractivity contribution in [3.8, 4) is 0 Å². The standard InChI is InChI=1S/C15H20FN3O3S.ClH/c1-23(21,22)18-14-5-3-10(16)6-11(14)15(20)19-7-9-2-4-13(17)12(9)8-19;/h3,5-6,9,12-13,18H,2,4,7-8,17H2,1H3;1H. The molecule has 1 aliphatic heterocycles. The van der Waals surface area contributed by atoms with Gasteiger partial charge < -0.3 is 10.6 Å². The monoisotopic (exact) mass is 377 g/mol. The Kier molecular flexibility index (Phi) is 5.41. The average molecular weight is 378 g/mol. The van der Waals surface area contributed by atoms with E-state index in [0.717, 1.165) is 31.2 Å². The topological polar surface area (TPSA) is 92.5 Å². The quantitative estimate of drug-likeness (QED) is 0.833. The lowest BCUT2D eigenvalue weighted by Gasteiger charge is -2.20. The number of anilines is 1. The van der Waals surface area contributed by atoms with Crippen LogP contribution in [0.15, 0.2) is 18.2 Å². The molecule has 6 nitrogen and oxygen atoms in total. The number of sulfonamides is 1. The van der Waals surface area contributed by atoms with Gasteiger partial charge in [0.25, 0.3) is 5.91 Å². The predicted octanol–water partition coefficient (Wildman–Crippen LogP) is 1.43. The second kappa shape index (κ2) is 6.85. The Balaban J connectivity index is 0.00000208. The molecule has 134 valence electrons. The highest BCUT2D eigenvalue weighted by atomic mass is 35.5. The molecular weight excluding hydrogens is 357 g/mol. The van der Waals surface area contributed by atoms with E-state index in [0.29, 0.717) is 19.0 Å². The molecule has 2 fully saturated rings. The largest absolute Gasteiger partial charge is 0.338 e. The minimum absolute atomic E-state index is 0. The van der Waals surface area contributed by atoms with E-state index in [2.05, 4.69) is 4.72 Å². The maximum atomic E-state index is 13.6. The van der Waals surface area contributed by atoms with Crippen molar-refractivity contribution in [2.24, 2.45) is 17.6 Å². The second-order valence-corrected chi connectivity index (χ2v) is 8.19. The van der Waals surface area contributed by atoms with E-state index in [9.17, 15) is 17.6 Å². The van der Waals surface area contributed by atoms with Crippen molar-refractivity contribution in [1.29, 1.82) is 0 Å². The number of likely N-dealkylation sites (tertiary alicyclic amines) is 1. The first-order chi connectivity index (χ1) is 10.7. The van der Waals surface area contributed by atoms with Crippen LogP contribution in [-0.4, -0.2) is 44.6 Å². The van der Waals surface area contributed by atoms with Crippen LogP contribution in [0.2, 0.25) is 0 Å². The summed E-state index contributed by atoms with van der Waals surface area (Å²) in [6, 6.07) is 3.56. The molecule has 3 atom stereocenters. The van der Waals surface area contributed by atoms with Gasteiger partial charge in [-0.2, -0.15) is 0 Å². The first-order valence-corrected chi connectivity index (χ1v) is 9.46. The first-order valence-electron chi connectivity index (χ1n) is 7.57. The van der Waals surface area contributed by atoms with Gasteiger partial charge >= 0.3 is 0 Å². The molecule has 1 aliphatic carbocycles. The summed E-state index contributed by atoms with van der Waals surface area (Å²) in [6.45, 7) is 1.13. The summed E-state index contributed by atoms with van der Waals surface area (Å²) in [6.07, 6.45) is 2.95. The number of rotatable bonds is 3. The second-order valence-electron chi connectivity index (χ2n) is 6.44. The highest BCUT2D eigenvalue weighted by Crippen LogP contribution is 2.38. The number of carbonyl (C=O) groups is 1. The predicted molar refractivity (Wildman–Crippen MR) is 92.2 cm³/mol. The SMILES string of the molecule is CS(=O)(=O)Nc1ccc(F)cc1C(=O)N1CC2CCC(N)C2C1.Cl. The van der Waals surface area contributed by atoms with Gasteiger partial charge in [-0.3, -0.25) is 9.52 Å². The number of benzene rings is 1. The molecule has 3 unspecified atom stereocenters. The Morgan fingerprint density at radius 1 is 1.33 bits per heavy atom. The van der Waals surface area contributed by atoms with E-state index in [-0.39, 0.29) is 41.5 Å². The zero-order valence-corrected chi connectivity index (χ0v) is 14.9. The molecule has 3 N–H and O–H groups in total. The summed E-state index contributed by atoms with van der Waals surface area (Å²) in [4.78, 5) is 14.4. The van der Waals surface area contributed by atoms with E-state index in [4.69, 9.17) is 5.73 Å². The molecule has 1 saturated heterocycles. The molecule has 0 radical (unpaired) electrons. The number of nitrogens with zero attached hydrogens (tertiary/aromatic N) is 1. The molecule has 24 heavy (non-hydrogen) atoms. The van der Waals surface area contributed by atoms with Gasteiger partial charge in [-0.25, -0.2) is 12.8 Å². The number of nitrogens with one attached hydrogen (secondary N) is 1. The van der Waals surface area contributed by atoms with E-state index < -0.39 is 15.8 Å². The minimum Gasteiger partial charge on any atom is -0.338 e. The number of carbonyl (C=O) groups excluding carboxylic acids is 1. The molecule has 0 bridgehead atoms. The van der Waals surface area contributed by atoms with Gasteiger partial charge in [0.1, 0.15) is 5.82 Å². The Morgan fingerprint density at radius 2 is 2.04 bits per heavy atom. The molecule has 2 aliphatic rings. The van der Waals surface area contributed by atoms with Crippen molar-refractivity contribution >= 4 is 34.0 Å². The lowest BCUT2D eigenvalue weighted by atomic mass is 9.98. The van der Waals surface area contributed by atoms with Gasteiger partial charge in [0.05, 0.1) is 17.5 Å². The van der Waals surface area contributed by atoms with Crippen LogP contribution >= 0.6 is 12.4 Å². The third-order valence-corrected chi connectivity index (χ3v) is 5.30. The number of amides is 1. The highest BCUT2D eigenvalue weighted by molar-refractivity contribution is 7.92. The molecule has 0 aromatic heterocycles. The molecule has 1 aromatic rings. The fourth-order valence-corrected chi connectivity index (χ4v) is 4.20. The molecule has 1 heterocycles. The van der Waals surface area contributed by atoms with Gasteiger partial charge in [-0.05, 0) is 42.9 Å². The average Bonchev–Trinajstić information content (AvgIpc) is 3.01. The maximum absolute atomic E-state index is 13.6. The van der Waals surface area contributed by atoms with E-state index in [1.807, 2.05) is 0 Å². The van der Waals surface area contributed by atoms with Gasteiger partial charge in [-0.1, -0.05) is 0 Å².